The van der Waals surface area contributed by atoms with Gasteiger partial charge in [-0.15, -0.1) is 0 Å². The molecule has 0 bridgehead atoms. The second-order valence-corrected chi connectivity index (χ2v) is 7.25. The van der Waals surface area contributed by atoms with E-state index < -0.39 is 0 Å². The summed E-state index contributed by atoms with van der Waals surface area (Å²) in [6, 6.07) is 17.9. The molecule has 0 aliphatic carbocycles. The number of carbonyl (C=O) groups excluding carboxylic acids is 1. The molecule has 5 heteroatoms. The van der Waals surface area contributed by atoms with Crippen molar-refractivity contribution in [3.8, 4) is 0 Å². The maximum atomic E-state index is 12.6. The molecular weight excluding hydrogens is 346 g/mol. The number of rotatable bonds is 5. The van der Waals surface area contributed by atoms with Crippen molar-refractivity contribution < 1.29 is 4.79 Å². The summed E-state index contributed by atoms with van der Waals surface area (Å²) in [7, 11) is 0. The van der Waals surface area contributed by atoms with Gasteiger partial charge in [0.1, 0.15) is 0 Å². The summed E-state index contributed by atoms with van der Waals surface area (Å²) in [4.78, 5) is 17.2. The first-order valence-corrected chi connectivity index (χ1v) is 9.52. The lowest BCUT2D eigenvalue weighted by Gasteiger charge is -2.38. The summed E-state index contributed by atoms with van der Waals surface area (Å²) >= 11 is 5.96. The first-order valence-electron chi connectivity index (χ1n) is 9.14. The Hall–Kier alpha value is -2.04. The number of carbonyl (C=O) groups is 1. The van der Waals surface area contributed by atoms with Crippen LogP contribution in [-0.2, 0) is 4.79 Å². The summed E-state index contributed by atoms with van der Waals surface area (Å²) in [5.74, 6) is 0.0845. The van der Waals surface area contributed by atoms with Gasteiger partial charge in [0.05, 0.1) is 12.1 Å². The lowest BCUT2D eigenvalue weighted by atomic mass is 10.1. The molecule has 0 radical (unpaired) electrons. The maximum Gasteiger partial charge on any atom is 0.237 e. The van der Waals surface area contributed by atoms with Crippen molar-refractivity contribution in [2.45, 2.75) is 25.9 Å². The van der Waals surface area contributed by atoms with Crippen LogP contribution in [0, 0.1) is 0 Å². The van der Waals surface area contributed by atoms with Gasteiger partial charge in [0, 0.05) is 36.9 Å². The Kier molecular flexibility index (Phi) is 6.17. The number of halogens is 1. The monoisotopic (exact) mass is 371 g/mol. The van der Waals surface area contributed by atoms with Crippen molar-refractivity contribution in [3.63, 3.8) is 0 Å². The van der Waals surface area contributed by atoms with Crippen LogP contribution >= 0.6 is 11.6 Å². The minimum atomic E-state index is -0.131. The van der Waals surface area contributed by atoms with Gasteiger partial charge in [-0.25, -0.2) is 0 Å². The molecule has 2 aromatic carbocycles. The molecule has 1 heterocycles. The van der Waals surface area contributed by atoms with E-state index in [9.17, 15) is 4.79 Å². The van der Waals surface area contributed by atoms with E-state index in [1.165, 1.54) is 5.69 Å². The van der Waals surface area contributed by atoms with Gasteiger partial charge < -0.3 is 10.2 Å². The number of nitrogens with zero attached hydrogens (tertiary/aromatic N) is 2. The van der Waals surface area contributed by atoms with E-state index in [4.69, 9.17) is 11.6 Å². The average molecular weight is 372 g/mol. The third-order valence-corrected chi connectivity index (χ3v) is 5.34. The Balaban J connectivity index is 1.52. The maximum absolute atomic E-state index is 12.6. The number of hydrogen-bond donors (Lipinski definition) is 1. The van der Waals surface area contributed by atoms with Crippen LogP contribution in [0.5, 0.6) is 0 Å². The van der Waals surface area contributed by atoms with Crippen molar-refractivity contribution >= 4 is 23.2 Å². The third kappa shape index (κ3) is 4.57. The zero-order chi connectivity index (χ0) is 18.5. The molecule has 0 aromatic heterocycles. The standard InChI is InChI=1S/C21H26ClN3O/c1-16(18-6-4-3-5-7-18)23-21(26)17(2)24-12-14-25(15-13-24)20-10-8-19(22)9-11-20/h3-11,16-17H,12-15H2,1-2H3,(H,23,26)/t16-,17+/m1/s1. The highest BCUT2D eigenvalue weighted by Crippen LogP contribution is 2.20. The van der Waals surface area contributed by atoms with Crippen LogP contribution in [-0.4, -0.2) is 43.0 Å². The van der Waals surface area contributed by atoms with Crippen molar-refractivity contribution in [1.29, 1.82) is 0 Å². The molecule has 26 heavy (non-hydrogen) atoms. The van der Waals surface area contributed by atoms with Gasteiger partial charge in [0.15, 0.2) is 0 Å². The molecule has 2 aromatic rings. The first-order chi connectivity index (χ1) is 12.5. The van der Waals surface area contributed by atoms with E-state index in [2.05, 4.69) is 27.2 Å². The lowest BCUT2D eigenvalue weighted by Crippen LogP contribution is -2.54. The summed E-state index contributed by atoms with van der Waals surface area (Å²) in [6.07, 6.45) is 0. The molecule has 3 rings (SSSR count). The summed E-state index contributed by atoms with van der Waals surface area (Å²) < 4.78 is 0. The minimum Gasteiger partial charge on any atom is -0.369 e. The Morgan fingerprint density at radius 3 is 2.19 bits per heavy atom. The van der Waals surface area contributed by atoms with Gasteiger partial charge in [-0.2, -0.15) is 0 Å². The molecule has 1 aliphatic rings. The molecule has 1 fully saturated rings. The first kappa shape index (κ1) is 18.7. The smallest absolute Gasteiger partial charge is 0.237 e. The molecule has 4 nitrogen and oxygen atoms in total. The summed E-state index contributed by atoms with van der Waals surface area (Å²) in [5.41, 5.74) is 2.31. The predicted octanol–water partition coefficient (Wildman–Crippen LogP) is 3.73. The van der Waals surface area contributed by atoms with Crippen molar-refractivity contribution in [2.75, 3.05) is 31.1 Å². The van der Waals surface area contributed by atoms with Crippen LogP contribution in [0.2, 0.25) is 5.02 Å². The zero-order valence-corrected chi connectivity index (χ0v) is 16.1. The van der Waals surface area contributed by atoms with Crippen LogP contribution in [0.1, 0.15) is 25.5 Å². The Morgan fingerprint density at radius 1 is 0.962 bits per heavy atom. The van der Waals surface area contributed by atoms with Gasteiger partial charge in [-0.3, -0.25) is 9.69 Å². The molecule has 1 aliphatic heterocycles. The second-order valence-electron chi connectivity index (χ2n) is 6.82. The highest BCUT2D eigenvalue weighted by Gasteiger charge is 2.26. The minimum absolute atomic E-state index is 0.0153. The fraction of sp³-hybridized carbons (Fsp3) is 0.381. The van der Waals surface area contributed by atoms with Crippen LogP contribution < -0.4 is 10.2 Å². The fourth-order valence-electron chi connectivity index (χ4n) is 3.34. The topological polar surface area (TPSA) is 35.6 Å². The van der Waals surface area contributed by atoms with E-state index in [0.717, 1.165) is 36.8 Å². The highest BCUT2D eigenvalue weighted by atomic mass is 35.5. The molecule has 0 spiro atoms. The van der Waals surface area contributed by atoms with Gasteiger partial charge in [0.2, 0.25) is 5.91 Å². The number of anilines is 1. The van der Waals surface area contributed by atoms with E-state index in [1.807, 2.05) is 56.3 Å². The van der Waals surface area contributed by atoms with Crippen molar-refractivity contribution in [3.05, 3.63) is 65.2 Å². The normalized spacial score (nSPS) is 17.6. The average Bonchev–Trinajstić information content (AvgIpc) is 2.69. The number of benzene rings is 2. The number of amides is 1. The van der Waals surface area contributed by atoms with Gasteiger partial charge in [-0.1, -0.05) is 41.9 Å². The van der Waals surface area contributed by atoms with E-state index in [1.54, 1.807) is 0 Å². The quantitative estimate of drug-likeness (QED) is 0.869. The molecule has 1 N–H and O–H groups in total. The van der Waals surface area contributed by atoms with Gasteiger partial charge in [-0.05, 0) is 43.7 Å². The van der Waals surface area contributed by atoms with Crippen molar-refractivity contribution in [2.24, 2.45) is 0 Å². The summed E-state index contributed by atoms with van der Waals surface area (Å²) in [5, 5.41) is 3.89. The van der Waals surface area contributed by atoms with Crippen LogP contribution in [0.4, 0.5) is 5.69 Å². The summed E-state index contributed by atoms with van der Waals surface area (Å²) in [6.45, 7) is 7.58. The van der Waals surface area contributed by atoms with E-state index in [0.29, 0.717) is 0 Å². The molecule has 2 atom stereocenters. The van der Waals surface area contributed by atoms with E-state index >= 15 is 0 Å². The van der Waals surface area contributed by atoms with Crippen LogP contribution in [0.25, 0.3) is 0 Å². The molecule has 1 saturated heterocycles. The number of nitrogens with one attached hydrogen (secondary N) is 1. The Labute approximate surface area is 160 Å². The largest absolute Gasteiger partial charge is 0.369 e. The predicted molar refractivity (Wildman–Crippen MR) is 108 cm³/mol. The SMILES string of the molecule is C[C@@H](NC(=O)[C@H](C)N1CCN(c2ccc(Cl)cc2)CC1)c1ccccc1. The lowest BCUT2D eigenvalue weighted by molar-refractivity contribution is -0.126. The molecule has 1 amide bonds. The van der Waals surface area contributed by atoms with E-state index in [-0.39, 0.29) is 18.0 Å². The third-order valence-electron chi connectivity index (χ3n) is 5.09. The second kappa shape index (κ2) is 8.56. The molecule has 0 unspecified atom stereocenters. The highest BCUT2D eigenvalue weighted by molar-refractivity contribution is 6.30. The zero-order valence-electron chi connectivity index (χ0n) is 15.4. The van der Waals surface area contributed by atoms with Crippen LogP contribution in [0.3, 0.4) is 0 Å². The molecule has 0 saturated carbocycles. The Bertz CT molecular complexity index is 712. The van der Waals surface area contributed by atoms with Gasteiger partial charge in [0.25, 0.3) is 0 Å². The fourth-order valence-corrected chi connectivity index (χ4v) is 3.47. The Morgan fingerprint density at radius 2 is 1.58 bits per heavy atom. The number of hydrogen-bond acceptors (Lipinski definition) is 3. The molecule has 138 valence electrons. The van der Waals surface area contributed by atoms with Crippen molar-refractivity contribution in [1.82, 2.24) is 10.2 Å². The van der Waals surface area contributed by atoms with Gasteiger partial charge >= 0.3 is 0 Å². The van der Waals surface area contributed by atoms with Crippen LogP contribution in [0.15, 0.2) is 54.6 Å². The molecular formula is C21H26ClN3O. The number of piperazine rings is 1.